The highest BCUT2D eigenvalue weighted by Crippen LogP contribution is 2.40. The first-order valence-corrected chi connectivity index (χ1v) is 12.7. The van der Waals surface area contributed by atoms with Crippen molar-refractivity contribution >= 4 is 34.5 Å². The van der Waals surface area contributed by atoms with Crippen molar-refractivity contribution in [2.45, 2.75) is 68.6 Å². The largest absolute Gasteiger partial charge is 0.364 e. The molecule has 0 bridgehead atoms. The SMILES string of the molecule is C[C@@H]1N[C@@H](CF)CN(c2cc(SNC3(C)CC3)cn3c(-c4nnc(C(F)F)s4)ccc23)[C@H]1C. The van der Waals surface area contributed by atoms with Crippen LogP contribution < -0.4 is 14.9 Å². The zero-order chi connectivity index (χ0) is 23.3. The van der Waals surface area contributed by atoms with Crippen molar-refractivity contribution in [2.24, 2.45) is 0 Å². The molecule has 0 radical (unpaired) electrons. The number of hydrogen-bond donors (Lipinski definition) is 2. The molecule has 1 aliphatic heterocycles. The predicted molar refractivity (Wildman–Crippen MR) is 127 cm³/mol. The number of hydrogen-bond acceptors (Lipinski definition) is 7. The number of rotatable bonds is 7. The van der Waals surface area contributed by atoms with Crippen molar-refractivity contribution in [2.75, 3.05) is 18.1 Å². The number of fused-ring (bicyclic) bond motifs is 1. The van der Waals surface area contributed by atoms with E-state index < -0.39 is 13.1 Å². The van der Waals surface area contributed by atoms with Crippen LogP contribution in [0.15, 0.2) is 29.3 Å². The first-order valence-electron chi connectivity index (χ1n) is 11.1. The highest BCUT2D eigenvalue weighted by Gasteiger charge is 2.37. The number of nitrogens with zero attached hydrogens (tertiary/aromatic N) is 4. The number of alkyl halides is 3. The van der Waals surface area contributed by atoms with Crippen LogP contribution in [-0.4, -0.2) is 51.5 Å². The lowest BCUT2D eigenvalue weighted by Crippen LogP contribution is -2.61. The van der Waals surface area contributed by atoms with Crippen molar-refractivity contribution < 1.29 is 13.2 Å². The molecule has 0 amide bonds. The smallest absolute Gasteiger partial charge is 0.291 e. The molecule has 1 aliphatic carbocycles. The summed E-state index contributed by atoms with van der Waals surface area (Å²) in [5, 5.41) is 11.2. The van der Waals surface area contributed by atoms with Gasteiger partial charge in [-0.3, -0.25) is 4.72 Å². The second kappa shape index (κ2) is 8.75. The second-order valence-corrected chi connectivity index (χ2v) is 11.1. The van der Waals surface area contributed by atoms with E-state index in [0.717, 1.165) is 40.3 Å². The lowest BCUT2D eigenvalue weighted by molar-refractivity contribution is 0.150. The van der Waals surface area contributed by atoms with Gasteiger partial charge >= 0.3 is 0 Å². The van der Waals surface area contributed by atoms with Crippen molar-refractivity contribution in [3.8, 4) is 10.7 Å². The van der Waals surface area contributed by atoms with Crippen LogP contribution in [0.4, 0.5) is 18.9 Å². The van der Waals surface area contributed by atoms with E-state index in [-0.39, 0.29) is 28.7 Å². The Kier molecular flexibility index (Phi) is 6.09. The molecule has 1 saturated heterocycles. The summed E-state index contributed by atoms with van der Waals surface area (Å²) in [7, 11) is 0. The van der Waals surface area contributed by atoms with Gasteiger partial charge < -0.3 is 14.6 Å². The number of nitrogens with one attached hydrogen (secondary N) is 2. The molecule has 4 heterocycles. The molecule has 6 nitrogen and oxygen atoms in total. The fourth-order valence-electron chi connectivity index (χ4n) is 4.18. The molecular formula is C22H27F3N6S2. The molecule has 11 heteroatoms. The van der Waals surface area contributed by atoms with E-state index in [4.69, 9.17) is 0 Å². The minimum Gasteiger partial charge on any atom is -0.364 e. The molecule has 0 aromatic carbocycles. The molecule has 3 aromatic heterocycles. The third-order valence-electron chi connectivity index (χ3n) is 6.60. The molecule has 2 aliphatic rings. The highest BCUT2D eigenvalue weighted by molar-refractivity contribution is 7.97. The van der Waals surface area contributed by atoms with Crippen molar-refractivity contribution in [3.05, 3.63) is 29.4 Å². The summed E-state index contributed by atoms with van der Waals surface area (Å²) in [6, 6.07) is 6.02. The third-order valence-corrected chi connectivity index (χ3v) is 8.61. The van der Waals surface area contributed by atoms with E-state index in [9.17, 15) is 13.2 Å². The van der Waals surface area contributed by atoms with Gasteiger partial charge in [-0.2, -0.15) is 0 Å². The van der Waals surface area contributed by atoms with Gasteiger partial charge in [-0.25, -0.2) is 13.2 Å². The van der Waals surface area contributed by atoms with Crippen LogP contribution in [0, 0.1) is 0 Å². The fraction of sp³-hybridized carbons (Fsp3) is 0.545. The first-order chi connectivity index (χ1) is 15.8. The van der Waals surface area contributed by atoms with Gasteiger partial charge in [0.1, 0.15) is 6.67 Å². The van der Waals surface area contributed by atoms with Gasteiger partial charge in [0.15, 0.2) is 10.0 Å². The summed E-state index contributed by atoms with van der Waals surface area (Å²) >= 11 is 2.47. The maximum absolute atomic E-state index is 13.6. The quantitative estimate of drug-likeness (QED) is 0.446. The maximum Gasteiger partial charge on any atom is 0.291 e. The Morgan fingerprint density at radius 3 is 2.76 bits per heavy atom. The normalized spacial score (nSPS) is 24.7. The molecule has 3 atom stereocenters. The Labute approximate surface area is 199 Å². The molecule has 0 spiro atoms. The standard InChI is InChI=1S/C22H27F3N6S2/c1-12-13(2)30(10-14(9-23)26-12)18-8-15(33-29-22(3)6-7-22)11-31-16(18)4-5-17(31)20-27-28-21(32-20)19(24)25/h4-5,8,11-14,19,26,29H,6-7,9-10H2,1-3H3/t12-,13-,14-/m0/s1. The minimum absolute atomic E-state index is 0.116. The number of halogens is 3. The first kappa shape index (κ1) is 22.9. The molecule has 3 aromatic rings. The van der Waals surface area contributed by atoms with Crippen molar-refractivity contribution in [3.63, 3.8) is 0 Å². The summed E-state index contributed by atoms with van der Waals surface area (Å²) in [4.78, 5) is 3.25. The Balaban J connectivity index is 1.60. The van der Waals surface area contributed by atoms with E-state index >= 15 is 0 Å². The zero-order valence-electron chi connectivity index (χ0n) is 18.7. The van der Waals surface area contributed by atoms with Gasteiger partial charge in [-0.1, -0.05) is 11.3 Å². The Bertz CT molecular complexity index is 1140. The molecule has 2 fully saturated rings. The highest BCUT2D eigenvalue weighted by atomic mass is 32.2. The monoisotopic (exact) mass is 496 g/mol. The van der Waals surface area contributed by atoms with Gasteiger partial charge in [-0.05, 0) is 63.8 Å². The fourth-order valence-corrected chi connectivity index (χ4v) is 5.79. The van der Waals surface area contributed by atoms with Gasteiger partial charge in [0.25, 0.3) is 6.43 Å². The predicted octanol–water partition coefficient (Wildman–Crippen LogP) is 5.07. The van der Waals surface area contributed by atoms with Gasteiger partial charge in [-0.15, -0.1) is 10.2 Å². The lowest BCUT2D eigenvalue weighted by Gasteiger charge is -2.44. The maximum atomic E-state index is 13.6. The average molecular weight is 497 g/mol. The summed E-state index contributed by atoms with van der Waals surface area (Å²) in [6.07, 6.45) is 1.63. The van der Waals surface area contributed by atoms with E-state index in [0.29, 0.717) is 17.2 Å². The molecule has 0 unspecified atom stereocenters. The average Bonchev–Trinajstić information content (AvgIpc) is 3.17. The molecule has 178 valence electrons. The Morgan fingerprint density at radius 2 is 2.09 bits per heavy atom. The zero-order valence-corrected chi connectivity index (χ0v) is 20.3. The molecule has 5 rings (SSSR count). The van der Waals surface area contributed by atoms with Crippen LogP contribution >= 0.6 is 23.3 Å². The van der Waals surface area contributed by atoms with E-state index in [1.54, 1.807) is 11.9 Å². The van der Waals surface area contributed by atoms with Crippen LogP contribution in [0.5, 0.6) is 0 Å². The lowest BCUT2D eigenvalue weighted by atomic mass is 10.0. The van der Waals surface area contributed by atoms with Crippen molar-refractivity contribution in [1.29, 1.82) is 0 Å². The van der Waals surface area contributed by atoms with Gasteiger partial charge in [0.05, 0.1) is 22.9 Å². The summed E-state index contributed by atoms with van der Waals surface area (Å²) < 4.78 is 45.4. The Hall–Kier alpha value is -1.82. The number of anilines is 1. The summed E-state index contributed by atoms with van der Waals surface area (Å²) in [5.74, 6) is 0. The molecule has 33 heavy (non-hydrogen) atoms. The molecule has 1 saturated carbocycles. The van der Waals surface area contributed by atoms with Gasteiger partial charge in [0.2, 0.25) is 0 Å². The van der Waals surface area contributed by atoms with Crippen LogP contribution in [0.3, 0.4) is 0 Å². The minimum atomic E-state index is -2.64. The second-order valence-electron chi connectivity index (χ2n) is 9.25. The summed E-state index contributed by atoms with van der Waals surface area (Å²) in [6.45, 7) is 6.51. The summed E-state index contributed by atoms with van der Waals surface area (Å²) in [5.41, 5.74) is 2.78. The van der Waals surface area contributed by atoms with E-state index in [2.05, 4.69) is 52.0 Å². The number of pyridine rings is 1. The topological polar surface area (TPSA) is 57.5 Å². The van der Waals surface area contributed by atoms with E-state index in [1.807, 2.05) is 22.7 Å². The van der Waals surface area contributed by atoms with Crippen LogP contribution in [0.1, 0.15) is 45.0 Å². The Morgan fingerprint density at radius 1 is 1.30 bits per heavy atom. The third kappa shape index (κ3) is 4.48. The molecular weight excluding hydrogens is 469 g/mol. The molecule has 2 N–H and O–H groups in total. The van der Waals surface area contributed by atoms with E-state index in [1.165, 1.54) is 0 Å². The number of piperazine rings is 1. The number of aromatic nitrogens is 3. The van der Waals surface area contributed by atoms with Crippen LogP contribution in [0.25, 0.3) is 16.2 Å². The van der Waals surface area contributed by atoms with Crippen LogP contribution in [0.2, 0.25) is 0 Å². The van der Waals surface area contributed by atoms with Crippen LogP contribution in [-0.2, 0) is 0 Å². The van der Waals surface area contributed by atoms with Crippen molar-refractivity contribution in [1.82, 2.24) is 24.6 Å². The van der Waals surface area contributed by atoms with Gasteiger partial charge in [0, 0.05) is 35.3 Å².